The molecule has 1 unspecified atom stereocenters. The van der Waals surface area contributed by atoms with Gasteiger partial charge in [0.1, 0.15) is 12.4 Å². The van der Waals surface area contributed by atoms with Gasteiger partial charge in [-0.1, -0.05) is 19.1 Å². The molecule has 0 saturated carbocycles. The van der Waals surface area contributed by atoms with Crippen molar-refractivity contribution in [1.82, 2.24) is 10.6 Å². The molecular weight excluding hydrogens is 292 g/mol. The molecule has 1 atom stereocenters. The Labute approximate surface area is 132 Å². The fourth-order valence-electron chi connectivity index (χ4n) is 1.75. The van der Waals surface area contributed by atoms with Gasteiger partial charge in [0.05, 0.1) is 6.61 Å². The van der Waals surface area contributed by atoms with Crippen molar-refractivity contribution >= 4 is 18.3 Å². The summed E-state index contributed by atoms with van der Waals surface area (Å²) in [6.45, 7) is 4.16. The normalized spacial score (nSPS) is 11.4. The highest BCUT2D eigenvalue weighted by Crippen LogP contribution is 2.13. The van der Waals surface area contributed by atoms with Crippen molar-refractivity contribution in [2.24, 2.45) is 5.92 Å². The maximum atomic E-state index is 11.8. The summed E-state index contributed by atoms with van der Waals surface area (Å²) < 4.78 is 10.5. The summed E-state index contributed by atoms with van der Waals surface area (Å²) in [5.41, 5.74) is 1.02. The van der Waals surface area contributed by atoms with Crippen molar-refractivity contribution in [2.45, 2.75) is 13.5 Å². The van der Waals surface area contributed by atoms with Gasteiger partial charge in [0.25, 0.3) is 0 Å². The zero-order valence-corrected chi connectivity index (χ0v) is 13.7. The molecule has 0 aliphatic carbocycles. The fourth-order valence-corrected chi connectivity index (χ4v) is 1.75. The Morgan fingerprint density at radius 3 is 2.76 bits per heavy atom. The SMILES string of the molecule is CNCC(C)C(=O)NCc1cccc(OCCOC)c1.Cl. The molecule has 0 aliphatic heterocycles. The monoisotopic (exact) mass is 316 g/mol. The van der Waals surface area contributed by atoms with Crippen molar-refractivity contribution in [2.75, 3.05) is 33.9 Å². The minimum Gasteiger partial charge on any atom is -0.491 e. The Balaban J connectivity index is 0.00000400. The highest BCUT2D eigenvalue weighted by molar-refractivity contribution is 5.85. The second-order valence-corrected chi connectivity index (χ2v) is 4.67. The number of nitrogens with one attached hydrogen (secondary N) is 2. The van der Waals surface area contributed by atoms with Crippen LogP contribution in [-0.2, 0) is 16.1 Å². The third-order valence-electron chi connectivity index (χ3n) is 2.88. The largest absolute Gasteiger partial charge is 0.491 e. The van der Waals surface area contributed by atoms with Crippen LogP contribution in [0.5, 0.6) is 5.75 Å². The first kappa shape index (κ1) is 19.7. The second-order valence-electron chi connectivity index (χ2n) is 4.67. The van der Waals surface area contributed by atoms with E-state index in [1.54, 1.807) is 7.11 Å². The number of ether oxygens (including phenoxy) is 2. The molecule has 0 saturated heterocycles. The van der Waals surface area contributed by atoms with Gasteiger partial charge in [-0.3, -0.25) is 4.79 Å². The van der Waals surface area contributed by atoms with E-state index >= 15 is 0 Å². The van der Waals surface area contributed by atoms with Crippen LogP contribution in [0.15, 0.2) is 24.3 Å². The number of halogens is 1. The molecule has 6 heteroatoms. The fraction of sp³-hybridized carbons (Fsp3) is 0.533. The van der Waals surface area contributed by atoms with Gasteiger partial charge in [-0.25, -0.2) is 0 Å². The number of carbonyl (C=O) groups excluding carboxylic acids is 1. The van der Waals surface area contributed by atoms with E-state index in [1.165, 1.54) is 0 Å². The van der Waals surface area contributed by atoms with Gasteiger partial charge in [-0.15, -0.1) is 12.4 Å². The minimum atomic E-state index is -0.0406. The Morgan fingerprint density at radius 1 is 1.33 bits per heavy atom. The van der Waals surface area contributed by atoms with Gasteiger partial charge in [-0.05, 0) is 24.7 Å². The van der Waals surface area contributed by atoms with E-state index in [9.17, 15) is 4.79 Å². The lowest BCUT2D eigenvalue weighted by Crippen LogP contribution is -2.33. The molecule has 120 valence electrons. The van der Waals surface area contributed by atoms with Crippen molar-refractivity contribution in [3.05, 3.63) is 29.8 Å². The quantitative estimate of drug-likeness (QED) is 0.680. The average Bonchev–Trinajstić information content (AvgIpc) is 2.46. The van der Waals surface area contributed by atoms with Gasteiger partial charge in [0, 0.05) is 26.1 Å². The van der Waals surface area contributed by atoms with Crippen LogP contribution in [0.4, 0.5) is 0 Å². The molecule has 1 rings (SSSR count). The first-order valence-corrected chi connectivity index (χ1v) is 6.80. The van der Waals surface area contributed by atoms with Crippen molar-refractivity contribution in [3.63, 3.8) is 0 Å². The Morgan fingerprint density at radius 2 is 2.10 bits per heavy atom. The van der Waals surface area contributed by atoms with Crippen molar-refractivity contribution < 1.29 is 14.3 Å². The summed E-state index contributed by atoms with van der Waals surface area (Å²) in [6.07, 6.45) is 0. The van der Waals surface area contributed by atoms with Crippen LogP contribution in [0.25, 0.3) is 0 Å². The van der Waals surface area contributed by atoms with Gasteiger partial charge >= 0.3 is 0 Å². The smallest absolute Gasteiger partial charge is 0.224 e. The van der Waals surface area contributed by atoms with Gasteiger partial charge in [0.2, 0.25) is 5.91 Å². The molecule has 0 fully saturated rings. The standard InChI is InChI=1S/C15H24N2O3.ClH/c1-12(10-16-2)15(18)17-11-13-5-4-6-14(9-13)20-8-7-19-3;/h4-6,9,12,16H,7-8,10-11H2,1-3H3,(H,17,18);1H. The lowest BCUT2D eigenvalue weighted by molar-refractivity contribution is -0.124. The van der Waals surface area contributed by atoms with E-state index in [0.717, 1.165) is 11.3 Å². The topological polar surface area (TPSA) is 59.6 Å². The molecule has 1 aromatic rings. The van der Waals surface area contributed by atoms with E-state index in [1.807, 2.05) is 38.2 Å². The Bertz CT molecular complexity index is 416. The van der Waals surface area contributed by atoms with Crippen molar-refractivity contribution in [3.8, 4) is 5.75 Å². The number of benzene rings is 1. The van der Waals surface area contributed by atoms with E-state index in [-0.39, 0.29) is 24.2 Å². The third kappa shape index (κ3) is 7.90. The Kier molecular flexibility index (Phi) is 10.7. The number of amides is 1. The minimum absolute atomic E-state index is 0. The average molecular weight is 317 g/mol. The van der Waals surface area contributed by atoms with Crippen LogP contribution < -0.4 is 15.4 Å². The highest BCUT2D eigenvalue weighted by Gasteiger charge is 2.10. The summed E-state index contributed by atoms with van der Waals surface area (Å²) in [7, 11) is 3.48. The second kappa shape index (κ2) is 11.4. The number of hydrogen-bond acceptors (Lipinski definition) is 4. The number of rotatable bonds is 9. The van der Waals surface area contributed by atoms with E-state index in [4.69, 9.17) is 9.47 Å². The molecule has 0 aliphatic rings. The van der Waals surface area contributed by atoms with Crippen LogP contribution in [0.1, 0.15) is 12.5 Å². The summed E-state index contributed by atoms with van der Waals surface area (Å²) in [5.74, 6) is 0.795. The van der Waals surface area contributed by atoms with Crippen LogP contribution in [0, 0.1) is 5.92 Å². The molecule has 0 radical (unpaired) electrons. The van der Waals surface area contributed by atoms with Crippen molar-refractivity contribution in [1.29, 1.82) is 0 Å². The van der Waals surface area contributed by atoms with Crippen LogP contribution in [-0.4, -0.2) is 39.8 Å². The molecule has 2 N–H and O–H groups in total. The lowest BCUT2D eigenvalue weighted by atomic mass is 10.1. The number of carbonyl (C=O) groups is 1. The molecule has 0 bridgehead atoms. The first-order chi connectivity index (χ1) is 9.67. The number of methoxy groups -OCH3 is 1. The first-order valence-electron chi connectivity index (χ1n) is 6.80. The molecular formula is C15H25ClN2O3. The zero-order chi connectivity index (χ0) is 14.8. The van der Waals surface area contributed by atoms with E-state index in [0.29, 0.717) is 26.3 Å². The van der Waals surface area contributed by atoms with Gasteiger partial charge in [-0.2, -0.15) is 0 Å². The van der Waals surface area contributed by atoms with E-state index in [2.05, 4.69) is 10.6 Å². The number of hydrogen-bond donors (Lipinski definition) is 2. The molecule has 0 heterocycles. The zero-order valence-electron chi connectivity index (χ0n) is 12.8. The molecule has 0 aromatic heterocycles. The maximum Gasteiger partial charge on any atom is 0.224 e. The van der Waals surface area contributed by atoms with Gasteiger partial charge < -0.3 is 20.1 Å². The lowest BCUT2D eigenvalue weighted by Gasteiger charge is -2.12. The highest BCUT2D eigenvalue weighted by atomic mass is 35.5. The summed E-state index contributed by atoms with van der Waals surface area (Å²) in [6, 6.07) is 7.70. The summed E-state index contributed by atoms with van der Waals surface area (Å²) >= 11 is 0. The van der Waals surface area contributed by atoms with Crippen LogP contribution in [0.3, 0.4) is 0 Å². The van der Waals surface area contributed by atoms with Gasteiger partial charge in [0.15, 0.2) is 0 Å². The molecule has 1 amide bonds. The van der Waals surface area contributed by atoms with Crippen LogP contribution in [0.2, 0.25) is 0 Å². The summed E-state index contributed by atoms with van der Waals surface area (Å²) in [5, 5.41) is 5.91. The summed E-state index contributed by atoms with van der Waals surface area (Å²) in [4.78, 5) is 11.8. The third-order valence-corrected chi connectivity index (χ3v) is 2.88. The Hall–Kier alpha value is -1.30. The van der Waals surface area contributed by atoms with Crippen LogP contribution >= 0.6 is 12.4 Å². The molecule has 1 aromatic carbocycles. The van der Waals surface area contributed by atoms with E-state index < -0.39 is 0 Å². The molecule has 5 nitrogen and oxygen atoms in total. The predicted octanol–water partition coefficient (Wildman–Crippen LogP) is 1.61. The molecule has 0 spiro atoms. The predicted molar refractivity (Wildman–Crippen MR) is 86.0 cm³/mol. The maximum absolute atomic E-state index is 11.8. The molecule has 21 heavy (non-hydrogen) atoms.